The van der Waals surface area contributed by atoms with Crippen molar-refractivity contribution in [3.63, 3.8) is 0 Å². The highest BCUT2D eigenvalue weighted by atomic mass is 35.5. The largest absolute Gasteiger partial charge is 0.359 e. The second kappa shape index (κ2) is 10.5. The van der Waals surface area contributed by atoms with E-state index >= 15 is 0 Å². The molecule has 0 saturated heterocycles. The second-order valence-corrected chi connectivity index (χ2v) is 7.97. The average Bonchev–Trinajstić information content (AvgIpc) is 3.40. The van der Waals surface area contributed by atoms with E-state index in [2.05, 4.69) is 30.8 Å². The van der Waals surface area contributed by atoms with E-state index in [0.29, 0.717) is 0 Å². The molecule has 0 saturated carbocycles. The lowest BCUT2D eigenvalue weighted by Gasteiger charge is -2.17. The zero-order chi connectivity index (χ0) is 24.8. The monoisotopic (exact) mass is 499 g/mol. The molecule has 0 spiro atoms. The van der Waals surface area contributed by atoms with E-state index in [1.54, 1.807) is 6.20 Å². The molecule has 3 aromatic rings. The second-order valence-electron chi connectivity index (χ2n) is 7.59. The number of rotatable bonds is 9. The van der Waals surface area contributed by atoms with E-state index in [1.807, 2.05) is 30.3 Å². The first-order valence-corrected chi connectivity index (χ1v) is 10.9. The number of pyridine rings is 1. The third kappa shape index (κ3) is 5.75. The SMILES string of the molecule is O=C(Cn1c(Cl)cnc(NCC(F)(F)c2ccccn2)c1=O)NCc1ccccc1C1C=CN=N1. The van der Waals surface area contributed by atoms with E-state index in [-0.39, 0.29) is 23.6 Å². The Morgan fingerprint density at radius 2 is 1.94 bits per heavy atom. The van der Waals surface area contributed by atoms with Gasteiger partial charge in [-0.3, -0.25) is 19.1 Å². The van der Waals surface area contributed by atoms with E-state index in [0.717, 1.165) is 21.9 Å². The topological polar surface area (TPSA) is 114 Å². The predicted molar refractivity (Wildman–Crippen MR) is 125 cm³/mol. The highest BCUT2D eigenvalue weighted by molar-refractivity contribution is 6.29. The molecule has 2 aromatic heterocycles. The first-order valence-electron chi connectivity index (χ1n) is 10.5. The summed E-state index contributed by atoms with van der Waals surface area (Å²) in [5.74, 6) is -4.21. The number of nitrogens with one attached hydrogen (secondary N) is 2. The third-order valence-electron chi connectivity index (χ3n) is 5.20. The van der Waals surface area contributed by atoms with Gasteiger partial charge in [0.1, 0.15) is 23.4 Å². The van der Waals surface area contributed by atoms with Gasteiger partial charge in [-0.05, 0) is 29.3 Å². The maximum Gasteiger partial charge on any atom is 0.306 e. The first kappa shape index (κ1) is 24.1. The molecule has 1 aromatic carbocycles. The van der Waals surface area contributed by atoms with Crippen molar-refractivity contribution < 1.29 is 13.6 Å². The van der Waals surface area contributed by atoms with Crippen LogP contribution in [0.4, 0.5) is 14.6 Å². The molecule has 1 aliphatic heterocycles. The molecular weight excluding hydrogens is 480 g/mol. The van der Waals surface area contributed by atoms with Crippen LogP contribution in [0.5, 0.6) is 0 Å². The number of halogens is 3. The summed E-state index contributed by atoms with van der Waals surface area (Å²) in [5, 5.41) is 12.9. The summed E-state index contributed by atoms with van der Waals surface area (Å²) in [5.41, 5.74) is 0.478. The molecule has 0 aliphatic carbocycles. The van der Waals surface area contributed by atoms with Gasteiger partial charge in [0.05, 0.1) is 12.7 Å². The van der Waals surface area contributed by atoms with Crippen LogP contribution in [0, 0.1) is 0 Å². The molecule has 0 radical (unpaired) electrons. The molecular formula is C23H20ClF2N7O2. The van der Waals surface area contributed by atoms with Crippen LogP contribution in [0.15, 0.2) is 82.2 Å². The highest BCUT2D eigenvalue weighted by Crippen LogP contribution is 2.27. The molecule has 1 amide bonds. The van der Waals surface area contributed by atoms with Gasteiger partial charge in [0, 0.05) is 18.9 Å². The van der Waals surface area contributed by atoms with Crippen molar-refractivity contribution in [1.29, 1.82) is 0 Å². The smallest absolute Gasteiger partial charge is 0.306 e. The zero-order valence-corrected chi connectivity index (χ0v) is 19.0. The van der Waals surface area contributed by atoms with E-state index < -0.39 is 36.2 Å². The lowest BCUT2D eigenvalue weighted by atomic mass is 10.0. The zero-order valence-electron chi connectivity index (χ0n) is 18.2. The number of aromatic nitrogens is 3. The molecule has 4 rings (SSSR count). The molecule has 0 bridgehead atoms. The van der Waals surface area contributed by atoms with Crippen LogP contribution in [0.25, 0.3) is 0 Å². The summed E-state index contributed by atoms with van der Waals surface area (Å²) < 4.78 is 29.8. The average molecular weight is 500 g/mol. The fraction of sp³-hybridized carbons (Fsp3) is 0.217. The number of benzene rings is 1. The third-order valence-corrected chi connectivity index (χ3v) is 5.50. The van der Waals surface area contributed by atoms with Crippen LogP contribution in [-0.2, 0) is 23.8 Å². The van der Waals surface area contributed by atoms with Crippen LogP contribution in [0.2, 0.25) is 5.15 Å². The number of carbonyl (C=O) groups is 1. The number of carbonyl (C=O) groups excluding carboxylic acids is 1. The predicted octanol–water partition coefficient (Wildman–Crippen LogP) is 3.83. The minimum Gasteiger partial charge on any atom is -0.359 e. The van der Waals surface area contributed by atoms with E-state index in [4.69, 9.17) is 11.6 Å². The molecule has 35 heavy (non-hydrogen) atoms. The fourth-order valence-electron chi connectivity index (χ4n) is 3.41. The van der Waals surface area contributed by atoms with Crippen molar-refractivity contribution in [1.82, 2.24) is 19.9 Å². The number of azo groups is 1. The van der Waals surface area contributed by atoms with Gasteiger partial charge in [0.25, 0.3) is 5.56 Å². The van der Waals surface area contributed by atoms with Gasteiger partial charge in [-0.15, -0.1) is 0 Å². The summed E-state index contributed by atoms with van der Waals surface area (Å²) in [6, 6.07) is 11.4. The van der Waals surface area contributed by atoms with Gasteiger partial charge < -0.3 is 10.6 Å². The Hall–Kier alpha value is -3.99. The van der Waals surface area contributed by atoms with Crippen LogP contribution < -0.4 is 16.2 Å². The maximum atomic E-state index is 14.4. The highest BCUT2D eigenvalue weighted by Gasteiger charge is 2.33. The normalized spacial score (nSPS) is 14.8. The van der Waals surface area contributed by atoms with Crippen molar-refractivity contribution in [2.24, 2.45) is 10.2 Å². The maximum absolute atomic E-state index is 14.4. The van der Waals surface area contributed by atoms with E-state index in [9.17, 15) is 18.4 Å². The van der Waals surface area contributed by atoms with Crippen LogP contribution in [0.1, 0.15) is 22.9 Å². The summed E-state index contributed by atoms with van der Waals surface area (Å²) in [6.07, 6.45) is 5.81. The van der Waals surface area contributed by atoms with Gasteiger partial charge in [-0.25, -0.2) is 4.98 Å². The summed E-state index contributed by atoms with van der Waals surface area (Å²) in [4.78, 5) is 32.8. The minimum atomic E-state index is -3.35. The van der Waals surface area contributed by atoms with Crippen molar-refractivity contribution in [3.05, 3.63) is 99.5 Å². The summed E-state index contributed by atoms with van der Waals surface area (Å²) >= 11 is 6.06. The molecule has 3 heterocycles. The quantitative estimate of drug-likeness (QED) is 0.464. The summed E-state index contributed by atoms with van der Waals surface area (Å²) in [7, 11) is 0. The van der Waals surface area contributed by atoms with Crippen molar-refractivity contribution in [2.75, 3.05) is 11.9 Å². The Bertz CT molecular complexity index is 1320. The van der Waals surface area contributed by atoms with Gasteiger partial charge in [0.2, 0.25) is 5.91 Å². The molecule has 180 valence electrons. The van der Waals surface area contributed by atoms with Gasteiger partial charge in [-0.1, -0.05) is 41.9 Å². The van der Waals surface area contributed by atoms with Gasteiger partial charge in [-0.2, -0.15) is 19.0 Å². The lowest BCUT2D eigenvalue weighted by molar-refractivity contribution is -0.121. The van der Waals surface area contributed by atoms with Crippen molar-refractivity contribution in [3.8, 4) is 0 Å². The van der Waals surface area contributed by atoms with Crippen LogP contribution in [0.3, 0.4) is 0 Å². The molecule has 1 unspecified atom stereocenters. The number of hydrogen-bond donors (Lipinski definition) is 2. The molecule has 1 aliphatic rings. The number of hydrogen-bond acceptors (Lipinski definition) is 7. The Labute approximate surface area is 203 Å². The molecule has 12 heteroatoms. The standard InChI is InChI=1S/C23H20ClF2N7O2/c24-19-12-29-21(30-14-23(25,26)18-7-3-4-9-27-18)22(35)33(19)13-20(34)28-11-15-5-1-2-6-16(15)17-8-10-31-32-17/h1-10,12,17H,11,13-14H2,(H,28,34)(H,29,30). The molecule has 9 nitrogen and oxygen atoms in total. The number of anilines is 1. The van der Waals surface area contributed by atoms with Crippen LogP contribution in [-0.4, -0.2) is 27.0 Å². The number of alkyl halides is 2. The molecule has 2 N–H and O–H groups in total. The number of nitrogens with zero attached hydrogens (tertiary/aromatic N) is 5. The molecule has 1 atom stereocenters. The Balaban J connectivity index is 1.42. The molecule has 0 fully saturated rings. The Morgan fingerprint density at radius 3 is 2.69 bits per heavy atom. The first-order chi connectivity index (χ1) is 16.8. The van der Waals surface area contributed by atoms with Crippen molar-refractivity contribution >= 4 is 23.3 Å². The Morgan fingerprint density at radius 1 is 1.14 bits per heavy atom. The Kier molecular flexibility index (Phi) is 7.25. The van der Waals surface area contributed by atoms with Crippen molar-refractivity contribution in [2.45, 2.75) is 25.1 Å². The minimum absolute atomic E-state index is 0.107. The number of amides is 1. The van der Waals surface area contributed by atoms with Gasteiger partial charge >= 0.3 is 5.92 Å². The van der Waals surface area contributed by atoms with E-state index in [1.165, 1.54) is 24.4 Å². The lowest BCUT2D eigenvalue weighted by Crippen LogP contribution is -2.35. The van der Waals surface area contributed by atoms with Crippen LogP contribution >= 0.6 is 11.6 Å². The summed E-state index contributed by atoms with van der Waals surface area (Å²) in [6.45, 7) is -1.14. The fourth-order valence-corrected chi connectivity index (χ4v) is 3.60. The van der Waals surface area contributed by atoms with Gasteiger partial charge in [0.15, 0.2) is 5.82 Å².